The maximum atomic E-state index is 11.7. The second-order valence-electron chi connectivity index (χ2n) is 2.39. The Kier molecular flexibility index (Phi) is 4.41. The molecular weight excluding hydrogens is 150 g/mol. The first kappa shape index (κ1) is 10.1. The highest BCUT2D eigenvalue weighted by Gasteiger charge is 2.06. The van der Waals surface area contributed by atoms with Crippen molar-refractivity contribution in [1.82, 2.24) is 5.32 Å². The quantitative estimate of drug-likeness (QED) is 0.481. The lowest BCUT2D eigenvalue weighted by Gasteiger charge is -2.12. The molecular formula is C7H12F2N2. The molecule has 0 aromatic carbocycles. The molecule has 0 aliphatic rings. The van der Waals surface area contributed by atoms with E-state index in [-0.39, 0.29) is 5.92 Å². The van der Waals surface area contributed by atoms with Crippen molar-refractivity contribution in [2.45, 2.75) is 20.4 Å². The van der Waals surface area contributed by atoms with Crippen LogP contribution in [0.3, 0.4) is 0 Å². The zero-order valence-electron chi connectivity index (χ0n) is 6.57. The number of hydrogen-bond acceptors (Lipinski definition) is 2. The Balaban J connectivity index is 4.11. The van der Waals surface area contributed by atoms with Crippen LogP contribution in [0.1, 0.15) is 13.8 Å². The average Bonchev–Trinajstić information content (AvgIpc) is 1.86. The number of allylic oxidation sites excluding steroid dienone is 2. The lowest BCUT2D eigenvalue weighted by molar-refractivity contribution is 0.117. The molecule has 0 amide bonds. The summed E-state index contributed by atoms with van der Waals surface area (Å²) in [6, 6.07) is 0. The molecule has 0 saturated carbocycles. The molecule has 0 aliphatic carbocycles. The molecule has 64 valence electrons. The van der Waals surface area contributed by atoms with Gasteiger partial charge in [0.15, 0.2) is 0 Å². The summed E-state index contributed by atoms with van der Waals surface area (Å²) >= 11 is 0. The Bertz CT molecular complexity index is 153. The first-order valence-corrected chi connectivity index (χ1v) is 3.33. The smallest absolute Gasteiger partial charge is 0.312 e. The van der Waals surface area contributed by atoms with Crippen molar-refractivity contribution in [2.24, 2.45) is 5.92 Å². The van der Waals surface area contributed by atoms with E-state index in [4.69, 9.17) is 5.41 Å². The summed E-state index contributed by atoms with van der Waals surface area (Å²) in [6.45, 7) is 1.01. The Labute approximate surface area is 64.8 Å². The fourth-order valence-electron chi connectivity index (χ4n) is 0.623. The SMILES string of the molecule is CC(C)/C(=C/C=N)NC(F)F. The molecule has 0 radical (unpaired) electrons. The molecule has 0 saturated heterocycles. The van der Waals surface area contributed by atoms with Gasteiger partial charge in [-0.3, -0.25) is 0 Å². The minimum Gasteiger partial charge on any atom is -0.333 e. The van der Waals surface area contributed by atoms with E-state index in [1.54, 1.807) is 13.8 Å². The highest BCUT2D eigenvalue weighted by molar-refractivity contribution is 5.68. The molecule has 0 fully saturated rings. The molecule has 0 aromatic rings. The van der Waals surface area contributed by atoms with Crippen molar-refractivity contribution in [3.8, 4) is 0 Å². The van der Waals surface area contributed by atoms with Crippen molar-refractivity contribution >= 4 is 6.21 Å². The molecule has 0 rings (SSSR count). The van der Waals surface area contributed by atoms with E-state index in [2.05, 4.69) is 0 Å². The van der Waals surface area contributed by atoms with Crippen LogP contribution >= 0.6 is 0 Å². The van der Waals surface area contributed by atoms with Gasteiger partial charge in [-0.2, -0.15) is 8.78 Å². The Hall–Kier alpha value is -0.930. The van der Waals surface area contributed by atoms with Gasteiger partial charge in [0, 0.05) is 11.9 Å². The predicted octanol–water partition coefficient (Wildman–Crippen LogP) is 1.99. The molecule has 11 heavy (non-hydrogen) atoms. The van der Waals surface area contributed by atoms with Gasteiger partial charge in [-0.1, -0.05) is 13.8 Å². The Morgan fingerprint density at radius 2 is 2.00 bits per heavy atom. The molecule has 2 nitrogen and oxygen atoms in total. The summed E-state index contributed by atoms with van der Waals surface area (Å²) in [6.07, 6.45) is 2.32. The van der Waals surface area contributed by atoms with Crippen LogP contribution in [0, 0.1) is 11.3 Å². The summed E-state index contributed by atoms with van der Waals surface area (Å²) in [4.78, 5) is 0. The largest absolute Gasteiger partial charge is 0.333 e. The first-order valence-electron chi connectivity index (χ1n) is 3.33. The molecule has 0 atom stereocenters. The lowest BCUT2D eigenvalue weighted by Crippen LogP contribution is -2.22. The third-order valence-corrected chi connectivity index (χ3v) is 1.16. The first-order chi connectivity index (χ1) is 5.07. The van der Waals surface area contributed by atoms with Gasteiger partial charge in [-0.15, -0.1) is 0 Å². The number of halogens is 2. The average molecular weight is 162 g/mol. The normalized spacial score (nSPS) is 12.4. The van der Waals surface area contributed by atoms with E-state index in [0.29, 0.717) is 5.70 Å². The van der Waals surface area contributed by atoms with E-state index in [1.807, 2.05) is 5.32 Å². The molecule has 0 heterocycles. The zero-order valence-corrected chi connectivity index (χ0v) is 6.57. The Morgan fingerprint density at radius 3 is 2.27 bits per heavy atom. The van der Waals surface area contributed by atoms with Gasteiger partial charge in [0.2, 0.25) is 0 Å². The van der Waals surface area contributed by atoms with Gasteiger partial charge in [-0.05, 0) is 12.0 Å². The lowest BCUT2D eigenvalue weighted by atomic mass is 10.1. The van der Waals surface area contributed by atoms with Gasteiger partial charge in [-0.25, -0.2) is 0 Å². The second-order valence-corrected chi connectivity index (χ2v) is 2.39. The van der Waals surface area contributed by atoms with Crippen molar-refractivity contribution in [3.05, 3.63) is 11.8 Å². The maximum absolute atomic E-state index is 11.7. The molecule has 4 heteroatoms. The third kappa shape index (κ3) is 4.47. The second kappa shape index (κ2) is 4.82. The van der Waals surface area contributed by atoms with Crippen LogP contribution in [0.4, 0.5) is 8.78 Å². The van der Waals surface area contributed by atoms with Gasteiger partial charge in [0.1, 0.15) is 0 Å². The van der Waals surface area contributed by atoms with E-state index in [1.165, 1.54) is 6.08 Å². The molecule has 2 N–H and O–H groups in total. The minimum atomic E-state index is -2.55. The van der Waals surface area contributed by atoms with Crippen molar-refractivity contribution < 1.29 is 8.78 Å². The summed E-state index contributed by atoms with van der Waals surface area (Å²) in [5, 5.41) is 8.64. The standard InChI is InChI=1S/C7H12F2N2/c1-5(2)6(3-4-10)11-7(8)9/h3-5,7,10-11H,1-2H3/b6-3-,10-4?. The van der Waals surface area contributed by atoms with E-state index in [9.17, 15) is 8.78 Å². The summed E-state index contributed by atoms with van der Waals surface area (Å²) in [5.41, 5.74) is 0.384. The minimum absolute atomic E-state index is 0.00870. The number of rotatable bonds is 4. The van der Waals surface area contributed by atoms with Crippen LogP contribution in [-0.2, 0) is 0 Å². The van der Waals surface area contributed by atoms with Gasteiger partial charge < -0.3 is 10.7 Å². The van der Waals surface area contributed by atoms with Crippen molar-refractivity contribution in [2.75, 3.05) is 0 Å². The number of hydrogen-bond donors (Lipinski definition) is 2. The molecule has 0 spiro atoms. The van der Waals surface area contributed by atoms with Crippen LogP contribution in [0.2, 0.25) is 0 Å². The number of nitrogens with one attached hydrogen (secondary N) is 2. The van der Waals surface area contributed by atoms with Crippen LogP contribution in [-0.4, -0.2) is 12.8 Å². The topological polar surface area (TPSA) is 35.9 Å². The summed E-state index contributed by atoms with van der Waals surface area (Å²) in [7, 11) is 0. The monoisotopic (exact) mass is 162 g/mol. The van der Waals surface area contributed by atoms with Gasteiger partial charge >= 0.3 is 6.55 Å². The maximum Gasteiger partial charge on any atom is 0.312 e. The van der Waals surface area contributed by atoms with E-state index < -0.39 is 6.55 Å². The van der Waals surface area contributed by atoms with Gasteiger partial charge in [0.05, 0.1) is 0 Å². The fourth-order valence-corrected chi connectivity index (χ4v) is 0.623. The fraction of sp³-hybridized carbons (Fsp3) is 0.571. The molecule has 0 aromatic heterocycles. The number of alkyl halides is 2. The zero-order chi connectivity index (χ0) is 8.85. The van der Waals surface area contributed by atoms with E-state index >= 15 is 0 Å². The van der Waals surface area contributed by atoms with Crippen molar-refractivity contribution in [1.29, 1.82) is 5.41 Å². The summed E-state index contributed by atoms with van der Waals surface area (Å²) in [5.74, 6) is -0.00870. The Morgan fingerprint density at radius 1 is 1.45 bits per heavy atom. The van der Waals surface area contributed by atoms with Gasteiger partial charge in [0.25, 0.3) is 0 Å². The van der Waals surface area contributed by atoms with Crippen molar-refractivity contribution in [3.63, 3.8) is 0 Å². The van der Waals surface area contributed by atoms with Crippen LogP contribution in [0.25, 0.3) is 0 Å². The third-order valence-electron chi connectivity index (χ3n) is 1.16. The van der Waals surface area contributed by atoms with Crippen LogP contribution < -0.4 is 5.32 Å². The highest BCUT2D eigenvalue weighted by Crippen LogP contribution is 2.06. The molecule has 0 unspecified atom stereocenters. The van der Waals surface area contributed by atoms with E-state index in [0.717, 1.165) is 6.21 Å². The predicted molar refractivity (Wildman–Crippen MR) is 40.8 cm³/mol. The molecule has 0 bridgehead atoms. The molecule has 0 aliphatic heterocycles. The van der Waals surface area contributed by atoms with Crippen LogP contribution in [0.15, 0.2) is 11.8 Å². The summed E-state index contributed by atoms with van der Waals surface area (Å²) < 4.78 is 23.5. The highest BCUT2D eigenvalue weighted by atomic mass is 19.3. The van der Waals surface area contributed by atoms with Crippen LogP contribution in [0.5, 0.6) is 0 Å².